The van der Waals surface area contributed by atoms with E-state index in [1.54, 1.807) is 43.3 Å². The summed E-state index contributed by atoms with van der Waals surface area (Å²) in [6.07, 6.45) is 1.68. The molecule has 1 aliphatic rings. The van der Waals surface area contributed by atoms with Gasteiger partial charge in [-0.15, -0.1) is 0 Å². The van der Waals surface area contributed by atoms with E-state index < -0.39 is 11.9 Å². The van der Waals surface area contributed by atoms with Crippen LogP contribution in [0.5, 0.6) is 11.5 Å². The molecule has 0 fully saturated rings. The van der Waals surface area contributed by atoms with Gasteiger partial charge in [-0.25, -0.2) is 9.79 Å². The highest BCUT2D eigenvalue weighted by atomic mass is 35.5. The van der Waals surface area contributed by atoms with Gasteiger partial charge in [-0.05, 0) is 66.1 Å². The van der Waals surface area contributed by atoms with Crippen molar-refractivity contribution in [1.82, 2.24) is 0 Å². The number of benzene rings is 4. The van der Waals surface area contributed by atoms with Crippen molar-refractivity contribution in [3.8, 4) is 11.5 Å². The van der Waals surface area contributed by atoms with Crippen LogP contribution in [0.1, 0.15) is 35.3 Å². The molecule has 0 aromatic heterocycles. The lowest BCUT2D eigenvalue weighted by molar-refractivity contribution is -0.138. The minimum Gasteiger partial charge on any atom is -0.506 e. The molecule has 1 aliphatic heterocycles. The number of aliphatic hydroxyl groups is 1. The van der Waals surface area contributed by atoms with Gasteiger partial charge in [0.2, 0.25) is 0 Å². The van der Waals surface area contributed by atoms with Crippen LogP contribution in [0, 0.1) is 0 Å². The molecule has 218 valence electrons. The van der Waals surface area contributed by atoms with Crippen LogP contribution in [0.25, 0.3) is 16.8 Å². The lowest BCUT2D eigenvalue weighted by Crippen LogP contribution is -2.14. The van der Waals surface area contributed by atoms with Crippen molar-refractivity contribution >= 4 is 57.1 Å². The van der Waals surface area contributed by atoms with Crippen molar-refractivity contribution in [3.63, 3.8) is 0 Å². The van der Waals surface area contributed by atoms with Crippen LogP contribution >= 0.6 is 23.4 Å². The van der Waals surface area contributed by atoms with Gasteiger partial charge in [-0.1, -0.05) is 84.0 Å². The summed E-state index contributed by atoms with van der Waals surface area (Å²) in [4.78, 5) is 30.1. The Bertz CT molecular complexity index is 1790. The predicted octanol–water partition coefficient (Wildman–Crippen LogP) is 8.17. The summed E-state index contributed by atoms with van der Waals surface area (Å²) in [6, 6.07) is 26.1. The third-order valence-electron chi connectivity index (χ3n) is 6.51. The number of hydrogen-bond acceptors (Lipinski definition) is 7. The van der Waals surface area contributed by atoms with E-state index in [0.29, 0.717) is 35.2 Å². The molecular formula is C34H28ClNO6S. The topological polar surface area (TPSA) is 94.4 Å². The largest absolute Gasteiger partial charge is 0.506 e. The Balaban J connectivity index is 1.44. The van der Waals surface area contributed by atoms with Gasteiger partial charge in [-0.3, -0.25) is 4.79 Å². The Morgan fingerprint density at radius 1 is 0.907 bits per heavy atom. The minimum absolute atomic E-state index is 0.0205. The van der Waals surface area contributed by atoms with Crippen molar-refractivity contribution < 1.29 is 28.9 Å². The fourth-order valence-electron chi connectivity index (χ4n) is 4.51. The average Bonchev–Trinajstić information content (AvgIpc) is 3.30. The summed E-state index contributed by atoms with van der Waals surface area (Å²) >= 11 is 7.16. The minimum atomic E-state index is -0.784. The second-order valence-corrected chi connectivity index (χ2v) is 10.8. The van der Waals surface area contributed by atoms with Gasteiger partial charge in [0.1, 0.15) is 23.0 Å². The number of esters is 1. The van der Waals surface area contributed by atoms with Crippen molar-refractivity contribution in [2.75, 3.05) is 13.2 Å². The van der Waals surface area contributed by atoms with Gasteiger partial charge in [0, 0.05) is 0 Å². The number of hydrogen-bond donors (Lipinski definition) is 1. The number of nitrogens with zero attached hydrogens (tertiary/aromatic N) is 1. The van der Waals surface area contributed by atoms with Crippen molar-refractivity contribution in [2.24, 2.45) is 4.99 Å². The third-order valence-corrected chi connectivity index (χ3v) is 7.86. The van der Waals surface area contributed by atoms with E-state index in [2.05, 4.69) is 23.2 Å². The fraction of sp³-hybridized carbons (Fsp3) is 0.147. The van der Waals surface area contributed by atoms with Crippen LogP contribution < -0.4 is 9.47 Å². The SMILES string of the molecule is CCOC(=O)C1=C(O)/C(=C/c2ccc(OCc3cccc4ccccc34)c(OCC)c2)SC1=NC(=O)c1ccccc1Cl. The highest BCUT2D eigenvalue weighted by Gasteiger charge is 2.34. The number of halogens is 1. The number of rotatable bonds is 9. The van der Waals surface area contributed by atoms with E-state index in [0.717, 1.165) is 28.1 Å². The Morgan fingerprint density at radius 3 is 2.47 bits per heavy atom. The molecule has 0 saturated carbocycles. The first-order valence-corrected chi connectivity index (χ1v) is 14.8. The Labute approximate surface area is 258 Å². The molecule has 0 bridgehead atoms. The number of thioether (sulfide) groups is 1. The summed E-state index contributed by atoms with van der Waals surface area (Å²) in [7, 11) is 0. The molecule has 1 amide bonds. The third kappa shape index (κ3) is 6.77. The summed E-state index contributed by atoms with van der Waals surface area (Å²) < 4.78 is 17.2. The molecule has 0 unspecified atom stereocenters. The maximum Gasteiger partial charge on any atom is 0.344 e. The Kier molecular flexibility index (Phi) is 9.49. The molecule has 4 aromatic carbocycles. The first-order valence-electron chi connectivity index (χ1n) is 13.6. The molecule has 7 nitrogen and oxygen atoms in total. The standard InChI is InChI=1S/C34H28ClNO6S/c1-3-40-28-18-21(16-17-27(28)42-20-23-12-9-11-22-10-5-6-13-24(22)23)19-29-31(37)30(34(39)41-4-2)33(43-29)36-32(38)25-14-7-8-15-26(25)35/h5-19,37H,3-4,20H2,1-2H3/b29-19-,36-33?. The highest BCUT2D eigenvalue weighted by molar-refractivity contribution is 8.18. The van der Waals surface area contributed by atoms with Gasteiger partial charge in [-0.2, -0.15) is 0 Å². The van der Waals surface area contributed by atoms with Crippen molar-refractivity contribution in [2.45, 2.75) is 20.5 Å². The van der Waals surface area contributed by atoms with Gasteiger partial charge in [0.25, 0.3) is 5.91 Å². The second kappa shape index (κ2) is 13.6. The lowest BCUT2D eigenvalue weighted by atomic mass is 10.1. The zero-order valence-electron chi connectivity index (χ0n) is 23.5. The maximum absolute atomic E-state index is 12.9. The number of aliphatic imine (C=N–C) groups is 1. The molecule has 1 heterocycles. The average molecular weight is 614 g/mol. The van der Waals surface area contributed by atoms with E-state index in [9.17, 15) is 14.7 Å². The van der Waals surface area contributed by atoms with Crippen LogP contribution in [0.4, 0.5) is 0 Å². The van der Waals surface area contributed by atoms with E-state index in [1.165, 1.54) is 6.07 Å². The van der Waals surface area contributed by atoms with Crippen LogP contribution in [0.2, 0.25) is 5.02 Å². The van der Waals surface area contributed by atoms with Crippen molar-refractivity contribution in [1.29, 1.82) is 0 Å². The van der Waals surface area contributed by atoms with Gasteiger partial charge in [0.05, 0.1) is 28.7 Å². The molecule has 1 N–H and O–H groups in total. The van der Waals surface area contributed by atoms with Crippen LogP contribution in [0.15, 0.2) is 106 Å². The molecule has 0 spiro atoms. The number of aliphatic hydroxyl groups excluding tert-OH is 1. The van der Waals surface area contributed by atoms with E-state index in [1.807, 2.05) is 37.3 Å². The lowest BCUT2D eigenvalue weighted by Gasteiger charge is -2.14. The molecule has 0 radical (unpaired) electrons. The van der Waals surface area contributed by atoms with Crippen LogP contribution in [-0.2, 0) is 16.1 Å². The van der Waals surface area contributed by atoms with Gasteiger partial charge < -0.3 is 19.3 Å². The molecule has 43 heavy (non-hydrogen) atoms. The summed E-state index contributed by atoms with van der Waals surface area (Å²) in [5.41, 5.74) is 1.72. The molecular weight excluding hydrogens is 586 g/mol. The first-order chi connectivity index (χ1) is 20.9. The highest BCUT2D eigenvalue weighted by Crippen LogP contribution is 2.40. The predicted molar refractivity (Wildman–Crippen MR) is 171 cm³/mol. The number of amides is 1. The zero-order valence-corrected chi connectivity index (χ0v) is 25.1. The Hall–Kier alpha value is -4.53. The zero-order chi connectivity index (χ0) is 30.3. The summed E-state index contributed by atoms with van der Waals surface area (Å²) in [5, 5.41) is 13.6. The van der Waals surface area contributed by atoms with Crippen LogP contribution in [0.3, 0.4) is 0 Å². The van der Waals surface area contributed by atoms with Gasteiger partial charge >= 0.3 is 5.97 Å². The van der Waals surface area contributed by atoms with Crippen LogP contribution in [-0.4, -0.2) is 35.2 Å². The smallest absolute Gasteiger partial charge is 0.344 e. The normalized spacial score (nSPS) is 14.9. The molecule has 0 atom stereocenters. The number of fused-ring (bicyclic) bond motifs is 1. The number of carbonyl (C=O) groups excluding carboxylic acids is 2. The molecule has 4 aromatic rings. The second-order valence-electron chi connectivity index (χ2n) is 9.32. The van der Waals surface area contributed by atoms with E-state index in [-0.39, 0.29) is 33.6 Å². The first kappa shape index (κ1) is 29.9. The summed E-state index contributed by atoms with van der Waals surface area (Å²) in [5.74, 6) is -0.667. The van der Waals surface area contributed by atoms with Gasteiger partial charge in [0.15, 0.2) is 11.5 Å². The fourth-order valence-corrected chi connectivity index (χ4v) is 5.74. The van der Waals surface area contributed by atoms with E-state index >= 15 is 0 Å². The van der Waals surface area contributed by atoms with E-state index in [4.69, 9.17) is 25.8 Å². The Morgan fingerprint density at radius 2 is 1.67 bits per heavy atom. The number of ether oxygens (including phenoxy) is 3. The number of carbonyl (C=O) groups is 2. The molecule has 0 saturated heterocycles. The molecule has 5 rings (SSSR count). The molecule has 9 heteroatoms. The quantitative estimate of drug-likeness (QED) is 0.190. The maximum atomic E-state index is 12.9. The van der Waals surface area contributed by atoms with Crippen molar-refractivity contribution in [3.05, 3.63) is 123 Å². The molecule has 0 aliphatic carbocycles. The summed E-state index contributed by atoms with van der Waals surface area (Å²) in [6.45, 7) is 4.38. The monoisotopic (exact) mass is 613 g/mol.